The number of hydrogen-bond acceptors (Lipinski definition) is 2. The van der Waals surface area contributed by atoms with E-state index < -0.39 is 0 Å². The van der Waals surface area contributed by atoms with E-state index in [1.807, 2.05) is 0 Å². The Balaban J connectivity index is 2.45. The van der Waals surface area contributed by atoms with Crippen molar-refractivity contribution >= 4 is 5.71 Å². The first kappa shape index (κ1) is 19.5. The topological polar surface area (TPSA) is 15.6 Å². The second-order valence-corrected chi connectivity index (χ2v) is 7.16. The highest BCUT2D eigenvalue weighted by molar-refractivity contribution is 6.13. The van der Waals surface area contributed by atoms with E-state index in [1.54, 1.807) is 0 Å². The average Bonchev–Trinajstić information content (AvgIpc) is 2.62. The van der Waals surface area contributed by atoms with Crippen LogP contribution in [0, 0.1) is 6.92 Å². The first-order chi connectivity index (χ1) is 12.1. The molecule has 0 unspecified atom stereocenters. The number of aryl methyl sites for hydroxylation is 1. The zero-order chi connectivity index (χ0) is 18.2. The van der Waals surface area contributed by atoms with Crippen LogP contribution in [0.2, 0.25) is 0 Å². The normalized spacial score (nSPS) is 16.6. The number of benzene rings is 1. The molecule has 2 heteroatoms. The minimum absolute atomic E-state index is 0.923. The molecule has 136 valence electrons. The van der Waals surface area contributed by atoms with E-state index in [0.29, 0.717) is 0 Å². The molecule has 0 spiro atoms. The predicted octanol–water partition coefficient (Wildman–Crippen LogP) is 6.27. The standard InChI is InChI=1S/C23H34N2/c1-6-12-19(4)22(7-2)23(21-14-11-13-18(3)17-21)24-20(5)25-15-9-8-10-16-25/h11,13-14,17H,5-10,12,15-16H2,1-4H3/b22-19+,24-23-. The molecule has 0 aliphatic carbocycles. The van der Waals surface area contributed by atoms with Crippen molar-refractivity contribution < 1.29 is 0 Å². The lowest BCUT2D eigenvalue weighted by molar-refractivity contribution is 0.284. The Morgan fingerprint density at radius 1 is 1.16 bits per heavy atom. The molecule has 0 radical (unpaired) electrons. The van der Waals surface area contributed by atoms with E-state index >= 15 is 0 Å². The van der Waals surface area contributed by atoms with Crippen LogP contribution in [0.1, 0.15) is 70.4 Å². The van der Waals surface area contributed by atoms with Crippen LogP contribution >= 0.6 is 0 Å². The van der Waals surface area contributed by atoms with E-state index in [-0.39, 0.29) is 0 Å². The smallest absolute Gasteiger partial charge is 0.121 e. The first-order valence-electron chi connectivity index (χ1n) is 9.85. The van der Waals surface area contributed by atoms with Crippen LogP contribution < -0.4 is 0 Å². The van der Waals surface area contributed by atoms with Crippen molar-refractivity contribution in [1.82, 2.24) is 4.90 Å². The van der Waals surface area contributed by atoms with Crippen LogP contribution in [-0.2, 0) is 0 Å². The average molecular weight is 339 g/mol. The molecule has 1 saturated heterocycles. The van der Waals surface area contributed by atoms with Gasteiger partial charge in [0.15, 0.2) is 0 Å². The van der Waals surface area contributed by atoms with Gasteiger partial charge >= 0.3 is 0 Å². The van der Waals surface area contributed by atoms with E-state index in [9.17, 15) is 0 Å². The Morgan fingerprint density at radius 2 is 1.88 bits per heavy atom. The molecule has 2 nitrogen and oxygen atoms in total. The van der Waals surface area contributed by atoms with Crippen LogP contribution in [0.25, 0.3) is 0 Å². The minimum atomic E-state index is 0.923. The van der Waals surface area contributed by atoms with Gasteiger partial charge in [-0.2, -0.15) is 0 Å². The summed E-state index contributed by atoms with van der Waals surface area (Å²) >= 11 is 0. The van der Waals surface area contributed by atoms with Crippen LogP contribution in [0.3, 0.4) is 0 Å². The third kappa shape index (κ3) is 5.32. The SMILES string of the molecule is C=C(/N=C(\C(CC)=C(/C)CCC)c1cccc(C)c1)N1CCCCC1. The molecule has 0 N–H and O–H groups in total. The van der Waals surface area contributed by atoms with Crippen molar-refractivity contribution in [2.75, 3.05) is 13.1 Å². The Bertz CT molecular complexity index is 646. The van der Waals surface area contributed by atoms with Crippen molar-refractivity contribution in [3.8, 4) is 0 Å². The lowest BCUT2D eigenvalue weighted by atomic mass is 9.93. The Kier molecular flexibility index (Phi) is 7.49. The summed E-state index contributed by atoms with van der Waals surface area (Å²) in [6, 6.07) is 8.71. The van der Waals surface area contributed by atoms with Crippen molar-refractivity contribution in [3.05, 3.63) is 58.9 Å². The lowest BCUT2D eigenvalue weighted by Gasteiger charge is -2.29. The summed E-state index contributed by atoms with van der Waals surface area (Å²) in [5.74, 6) is 0.923. The maximum atomic E-state index is 5.08. The van der Waals surface area contributed by atoms with Gasteiger partial charge in [0.05, 0.1) is 5.71 Å². The maximum Gasteiger partial charge on any atom is 0.121 e. The molecular weight excluding hydrogens is 304 g/mol. The lowest BCUT2D eigenvalue weighted by Crippen LogP contribution is -2.28. The number of nitrogens with zero attached hydrogens (tertiary/aromatic N) is 2. The largest absolute Gasteiger partial charge is 0.357 e. The molecule has 0 bridgehead atoms. The van der Waals surface area contributed by atoms with Gasteiger partial charge in [-0.05, 0) is 57.6 Å². The molecule has 0 aromatic heterocycles. The summed E-state index contributed by atoms with van der Waals surface area (Å²) in [4.78, 5) is 7.43. The van der Waals surface area contributed by atoms with Gasteiger partial charge in [0, 0.05) is 18.7 Å². The maximum absolute atomic E-state index is 5.08. The second kappa shape index (κ2) is 9.60. The zero-order valence-corrected chi connectivity index (χ0v) is 16.6. The molecule has 1 aliphatic heterocycles. The third-order valence-electron chi connectivity index (χ3n) is 5.03. The highest BCUT2D eigenvalue weighted by atomic mass is 15.2. The molecule has 1 aromatic rings. The highest BCUT2D eigenvalue weighted by Gasteiger charge is 2.16. The minimum Gasteiger partial charge on any atom is -0.357 e. The van der Waals surface area contributed by atoms with Gasteiger partial charge in [-0.1, -0.05) is 56.2 Å². The Morgan fingerprint density at radius 3 is 2.48 bits per heavy atom. The quantitative estimate of drug-likeness (QED) is 0.535. The predicted molar refractivity (Wildman–Crippen MR) is 110 cm³/mol. The molecule has 1 fully saturated rings. The monoisotopic (exact) mass is 338 g/mol. The van der Waals surface area contributed by atoms with Crippen LogP contribution in [0.5, 0.6) is 0 Å². The summed E-state index contributed by atoms with van der Waals surface area (Å²) in [5, 5.41) is 0. The molecule has 0 amide bonds. The fraction of sp³-hybridized carbons (Fsp3) is 0.522. The van der Waals surface area contributed by atoms with Crippen molar-refractivity contribution in [3.63, 3.8) is 0 Å². The molecule has 1 aliphatic rings. The van der Waals surface area contributed by atoms with E-state index in [1.165, 1.54) is 48.0 Å². The van der Waals surface area contributed by atoms with Gasteiger partial charge in [0.1, 0.15) is 5.82 Å². The summed E-state index contributed by atoms with van der Waals surface area (Å²) in [6.07, 6.45) is 7.13. The van der Waals surface area contributed by atoms with E-state index in [2.05, 4.69) is 63.4 Å². The van der Waals surface area contributed by atoms with Crippen molar-refractivity contribution in [2.24, 2.45) is 4.99 Å². The molecular formula is C23H34N2. The molecule has 1 heterocycles. The van der Waals surface area contributed by atoms with E-state index in [0.717, 1.165) is 37.5 Å². The summed E-state index contributed by atoms with van der Waals surface area (Å²) in [7, 11) is 0. The van der Waals surface area contributed by atoms with Gasteiger partial charge < -0.3 is 4.90 Å². The second-order valence-electron chi connectivity index (χ2n) is 7.16. The molecule has 0 atom stereocenters. The fourth-order valence-electron chi connectivity index (χ4n) is 3.65. The van der Waals surface area contributed by atoms with E-state index in [4.69, 9.17) is 4.99 Å². The molecule has 2 rings (SSSR count). The van der Waals surface area contributed by atoms with Gasteiger partial charge in [-0.3, -0.25) is 0 Å². The van der Waals surface area contributed by atoms with Gasteiger partial charge in [-0.25, -0.2) is 4.99 Å². The van der Waals surface area contributed by atoms with Crippen LogP contribution in [0.4, 0.5) is 0 Å². The van der Waals surface area contributed by atoms with Crippen molar-refractivity contribution in [2.45, 2.75) is 66.2 Å². The molecule has 1 aromatic carbocycles. The summed E-state index contributed by atoms with van der Waals surface area (Å²) < 4.78 is 0. The van der Waals surface area contributed by atoms with Gasteiger partial charge in [-0.15, -0.1) is 0 Å². The fourth-order valence-corrected chi connectivity index (χ4v) is 3.65. The summed E-state index contributed by atoms with van der Waals surface area (Å²) in [6.45, 7) is 15.4. The third-order valence-corrected chi connectivity index (χ3v) is 5.03. The number of rotatable bonds is 7. The molecule has 0 saturated carbocycles. The number of hydrogen-bond donors (Lipinski definition) is 0. The highest BCUT2D eigenvalue weighted by Crippen LogP contribution is 2.23. The number of allylic oxidation sites excluding steroid dienone is 2. The number of aliphatic imine (C=N–C) groups is 1. The number of likely N-dealkylation sites (tertiary alicyclic amines) is 1. The van der Waals surface area contributed by atoms with Gasteiger partial charge in [0.2, 0.25) is 0 Å². The Labute approximate surface area is 154 Å². The molecule has 25 heavy (non-hydrogen) atoms. The zero-order valence-electron chi connectivity index (χ0n) is 16.6. The van der Waals surface area contributed by atoms with Crippen LogP contribution in [0.15, 0.2) is 52.8 Å². The first-order valence-corrected chi connectivity index (χ1v) is 9.85. The van der Waals surface area contributed by atoms with Crippen LogP contribution in [-0.4, -0.2) is 23.7 Å². The Hall–Kier alpha value is -1.83. The number of piperidine rings is 1. The van der Waals surface area contributed by atoms with Crippen molar-refractivity contribution in [1.29, 1.82) is 0 Å². The van der Waals surface area contributed by atoms with Gasteiger partial charge in [0.25, 0.3) is 0 Å². The summed E-state index contributed by atoms with van der Waals surface area (Å²) in [5.41, 5.74) is 6.44.